The van der Waals surface area contributed by atoms with E-state index in [1.54, 1.807) is 0 Å². The van der Waals surface area contributed by atoms with Crippen molar-refractivity contribution in [1.29, 1.82) is 0 Å². The topological polar surface area (TPSA) is 38.0 Å². The normalized spacial score (nSPS) is 19.4. The van der Waals surface area contributed by atoms with E-state index in [0.29, 0.717) is 11.5 Å². The van der Waals surface area contributed by atoms with Crippen molar-refractivity contribution < 1.29 is 0 Å². The molecular formula is C15H24N2. The molecule has 0 spiro atoms. The molecule has 0 radical (unpaired) electrons. The van der Waals surface area contributed by atoms with Gasteiger partial charge in [-0.3, -0.25) is 0 Å². The van der Waals surface area contributed by atoms with Gasteiger partial charge in [-0.25, -0.2) is 0 Å². The summed E-state index contributed by atoms with van der Waals surface area (Å²) in [6, 6.07) is 6.86. The van der Waals surface area contributed by atoms with Gasteiger partial charge in [0.25, 0.3) is 0 Å². The highest BCUT2D eigenvalue weighted by molar-refractivity contribution is 5.47. The first-order valence-electron chi connectivity index (χ1n) is 6.57. The highest BCUT2D eigenvalue weighted by Gasteiger charge is 2.22. The molecule has 1 aliphatic carbocycles. The molecule has 0 heterocycles. The van der Waals surface area contributed by atoms with Crippen molar-refractivity contribution in [2.45, 2.75) is 46.1 Å². The predicted molar refractivity (Wildman–Crippen MR) is 74.0 cm³/mol. The van der Waals surface area contributed by atoms with E-state index in [9.17, 15) is 0 Å². The van der Waals surface area contributed by atoms with Gasteiger partial charge in [-0.05, 0) is 54.5 Å². The maximum Gasteiger partial charge on any atom is 0.0326 e. The van der Waals surface area contributed by atoms with Gasteiger partial charge < -0.3 is 11.1 Å². The molecule has 0 fully saturated rings. The van der Waals surface area contributed by atoms with Gasteiger partial charge in [-0.2, -0.15) is 0 Å². The van der Waals surface area contributed by atoms with Crippen molar-refractivity contribution in [3.05, 3.63) is 29.3 Å². The van der Waals surface area contributed by atoms with Crippen LogP contribution in [0.25, 0.3) is 0 Å². The Hall–Kier alpha value is -1.02. The minimum absolute atomic E-state index is 0.412. The van der Waals surface area contributed by atoms with Gasteiger partial charge in [0.05, 0.1) is 0 Å². The first-order valence-corrected chi connectivity index (χ1v) is 6.57. The van der Waals surface area contributed by atoms with E-state index >= 15 is 0 Å². The molecule has 0 amide bonds. The molecule has 1 aromatic rings. The van der Waals surface area contributed by atoms with Crippen molar-refractivity contribution in [1.82, 2.24) is 5.32 Å². The van der Waals surface area contributed by atoms with E-state index in [0.717, 1.165) is 18.7 Å². The van der Waals surface area contributed by atoms with E-state index in [-0.39, 0.29) is 0 Å². The third-order valence-corrected chi connectivity index (χ3v) is 3.51. The zero-order valence-corrected chi connectivity index (χ0v) is 11.2. The largest absolute Gasteiger partial charge is 0.399 e. The molecule has 1 aromatic carbocycles. The molecule has 94 valence electrons. The maximum absolute atomic E-state index is 5.81. The zero-order chi connectivity index (χ0) is 12.5. The Morgan fingerprint density at radius 3 is 2.82 bits per heavy atom. The van der Waals surface area contributed by atoms with Crippen LogP contribution in [0.15, 0.2) is 18.2 Å². The number of nitrogens with two attached hydrogens (primary N) is 1. The first kappa shape index (κ1) is 12.4. The summed E-state index contributed by atoms with van der Waals surface area (Å²) in [4.78, 5) is 0. The summed E-state index contributed by atoms with van der Waals surface area (Å²) in [7, 11) is 0. The second-order valence-electron chi connectivity index (χ2n) is 6.31. The number of benzene rings is 1. The molecule has 3 N–H and O–H groups in total. The molecular weight excluding hydrogens is 208 g/mol. The molecule has 0 saturated heterocycles. The molecule has 2 rings (SSSR count). The van der Waals surface area contributed by atoms with Crippen LogP contribution in [0, 0.1) is 5.41 Å². The molecule has 0 aromatic heterocycles. The van der Waals surface area contributed by atoms with E-state index in [2.05, 4.69) is 38.2 Å². The van der Waals surface area contributed by atoms with Crippen LogP contribution in [0.1, 0.15) is 50.8 Å². The van der Waals surface area contributed by atoms with Crippen LogP contribution in [0.5, 0.6) is 0 Å². The summed E-state index contributed by atoms with van der Waals surface area (Å²) in [5.41, 5.74) is 9.99. The third kappa shape index (κ3) is 3.22. The van der Waals surface area contributed by atoms with Gasteiger partial charge in [-0.15, -0.1) is 0 Å². The van der Waals surface area contributed by atoms with Crippen LogP contribution in [0.2, 0.25) is 0 Å². The van der Waals surface area contributed by atoms with E-state index in [1.165, 1.54) is 24.0 Å². The zero-order valence-electron chi connectivity index (χ0n) is 11.2. The van der Waals surface area contributed by atoms with Crippen molar-refractivity contribution in [2.24, 2.45) is 5.41 Å². The Bertz CT molecular complexity index is 390. The van der Waals surface area contributed by atoms with Crippen molar-refractivity contribution in [3.8, 4) is 0 Å². The lowest BCUT2D eigenvalue weighted by molar-refractivity contribution is 0.354. The molecule has 0 saturated carbocycles. The predicted octanol–water partition coefficient (Wildman–Crippen LogP) is 3.28. The van der Waals surface area contributed by atoms with Gasteiger partial charge in [-0.1, -0.05) is 26.8 Å². The lowest BCUT2D eigenvalue weighted by Gasteiger charge is -2.21. The van der Waals surface area contributed by atoms with Crippen LogP contribution in [0.4, 0.5) is 5.69 Å². The van der Waals surface area contributed by atoms with Gasteiger partial charge in [0.2, 0.25) is 0 Å². The minimum Gasteiger partial charge on any atom is -0.399 e. The highest BCUT2D eigenvalue weighted by Crippen LogP contribution is 2.32. The molecule has 0 bridgehead atoms. The van der Waals surface area contributed by atoms with Gasteiger partial charge in [0.1, 0.15) is 0 Å². The monoisotopic (exact) mass is 232 g/mol. The average Bonchev–Trinajstić information content (AvgIpc) is 2.59. The third-order valence-electron chi connectivity index (χ3n) is 3.51. The van der Waals surface area contributed by atoms with Crippen LogP contribution in [0.3, 0.4) is 0 Å². The van der Waals surface area contributed by atoms with E-state index < -0.39 is 0 Å². The van der Waals surface area contributed by atoms with Crippen LogP contribution >= 0.6 is 0 Å². The number of nitrogens with one attached hydrogen (secondary N) is 1. The second kappa shape index (κ2) is 4.69. The van der Waals surface area contributed by atoms with Gasteiger partial charge in [0.15, 0.2) is 0 Å². The molecule has 1 unspecified atom stereocenters. The minimum atomic E-state index is 0.412. The van der Waals surface area contributed by atoms with Crippen molar-refractivity contribution >= 4 is 5.69 Å². The second-order valence-corrected chi connectivity index (χ2v) is 6.31. The smallest absolute Gasteiger partial charge is 0.0326 e. The number of nitrogen functional groups attached to an aromatic ring is 1. The van der Waals surface area contributed by atoms with E-state index in [1.807, 2.05) is 6.07 Å². The van der Waals surface area contributed by atoms with E-state index in [4.69, 9.17) is 5.73 Å². The highest BCUT2D eigenvalue weighted by atomic mass is 14.9. The summed E-state index contributed by atoms with van der Waals surface area (Å²) >= 11 is 0. The standard InChI is InChI=1S/C15H24N2/c1-15(2,3)8-9-17-14-7-4-11-10-12(16)5-6-13(11)14/h5-6,10,14,17H,4,7-9,16H2,1-3H3. The quantitative estimate of drug-likeness (QED) is 0.785. The number of hydrogen-bond acceptors (Lipinski definition) is 2. The molecule has 0 aliphatic heterocycles. The summed E-state index contributed by atoms with van der Waals surface area (Å²) in [6.07, 6.45) is 3.59. The Morgan fingerprint density at radius 2 is 2.12 bits per heavy atom. The lowest BCUT2D eigenvalue weighted by Crippen LogP contribution is -2.24. The fourth-order valence-electron chi connectivity index (χ4n) is 2.47. The number of fused-ring (bicyclic) bond motifs is 1. The molecule has 2 heteroatoms. The molecule has 2 nitrogen and oxygen atoms in total. The number of hydrogen-bond donors (Lipinski definition) is 2. The molecule has 1 aliphatic rings. The number of aryl methyl sites for hydroxylation is 1. The number of rotatable bonds is 3. The summed E-state index contributed by atoms with van der Waals surface area (Å²) < 4.78 is 0. The Balaban J connectivity index is 1.94. The number of anilines is 1. The van der Waals surface area contributed by atoms with Crippen LogP contribution < -0.4 is 11.1 Å². The summed E-state index contributed by atoms with van der Waals surface area (Å²) in [5, 5.41) is 3.67. The first-order chi connectivity index (χ1) is 7.96. The fourth-order valence-corrected chi connectivity index (χ4v) is 2.47. The lowest BCUT2D eigenvalue weighted by atomic mass is 9.92. The van der Waals surface area contributed by atoms with Crippen molar-refractivity contribution in [2.75, 3.05) is 12.3 Å². The molecule has 1 atom stereocenters. The Labute approximate surface area is 105 Å². The SMILES string of the molecule is CC(C)(C)CCNC1CCc2cc(N)ccc21. The summed E-state index contributed by atoms with van der Waals surface area (Å²) in [5.74, 6) is 0. The van der Waals surface area contributed by atoms with Gasteiger partial charge >= 0.3 is 0 Å². The maximum atomic E-state index is 5.81. The van der Waals surface area contributed by atoms with Crippen LogP contribution in [-0.2, 0) is 6.42 Å². The van der Waals surface area contributed by atoms with Gasteiger partial charge in [0, 0.05) is 11.7 Å². The Morgan fingerprint density at radius 1 is 1.35 bits per heavy atom. The molecule has 17 heavy (non-hydrogen) atoms. The fraction of sp³-hybridized carbons (Fsp3) is 0.600. The average molecular weight is 232 g/mol. The van der Waals surface area contributed by atoms with Crippen molar-refractivity contribution in [3.63, 3.8) is 0 Å². The Kier molecular flexibility index (Phi) is 3.43. The van der Waals surface area contributed by atoms with Crippen LogP contribution in [-0.4, -0.2) is 6.54 Å². The summed E-state index contributed by atoms with van der Waals surface area (Å²) in [6.45, 7) is 7.96.